The van der Waals surface area contributed by atoms with E-state index in [4.69, 9.17) is 10.00 Å². The molecule has 3 heteroatoms. The number of nitriles is 1. The smallest absolute Gasteiger partial charge is 0.0621 e. The van der Waals surface area contributed by atoms with Crippen LogP contribution in [0.3, 0.4) is 0 Å². The molecule has 0 aromatic carbocycles. The number of rotatable bonds is 8. The Bertz CT molecular complexity index is 305. The average molecular weight is 218 g/mol. The lowest BCUT2D eigenvalue weighted by molar-refractivity contribution is 0.132. The van der Waals surface area contributed by atoms with Gasteiger partial charge in [0.25, 0.3) is 0 Å². The van der Waals surface area contributed by atoms with E-state index < -0.39 is 0 Å². The number of hydrogen-bond acceptors (Lipinski definition) is 3. The van der Waals surface area contributed by atoms with Gasteiger partial charge in [0, 0.05) is 31.3 Å². The highest BCUT2D eigenvalue weighted by atomic mass is 16.5. The first kappa shape index (κ1) is 12.7. The van der Waals surface area contributed by atoms with Gasteiger partial charge < -0.3 is 4.74 Å². The van der Waals surface area contributed by atoms with Gasteiger partial charge in [0.05, 0.1) is 12.7 Å². The normalized spacial score (nSPS) is 9.94. The number of unbranched alkanes of at least 4 members (excludes halogenated alkanes) is 3. The first-order chi connectivity index (χ1) is 7.93. The Kier molecular flexibility index (Phi) is 7.02. The Morgan fingerprint density at radius 1 is 1.19 bits per heavy atom. The highest BCUT2D eigenvalue weighted by molar-refractivity contribution is 5.03. The number of pyridine rings is 1. The van der Waals surface area contributed by atoms with Crippen LogP contribution in [0.15, 0.2) is 24.4 Å². The first-order valence-corrected chi connectivity index (χ1v) is 5.78. The Balaban J connectivity index is 1.91. The van der Waals surface area contributed by atoms with Crippen molar-refractivity contribution in [2.24, 2.45) is 0 Å². The van der Waals surface area contributed by atoms with Crippen LogP contribution in [0, 0.1) is 11.3 Å². The molecule has 0 saturated carbocycles. The second-order valence-corrected chi connectivity index (χ2v) is 3.65. The lowest BCUT2D eigenvalue weighted by atomic mass is 10.2. The van der Waals surface area contributed by atoms with Crippen LogP contribution in [0.2, 0.25) is 0 Å². The predicted molar refractivity (Wildman–Crippen MR) is 62.8 cm³/mol. The lowest BCUT2D eigenvalue weighted by Crippen LogP contribution is -2.01. The molecule has 16 heavy (non-hydrogen) atoms. The standard InChI is InChI=1S/C13H18N2O/c14-9-4-1-2-6-11-16-12-8-13-7-3-5-10-15-13/h3,5,7,10H,1-2,4,6,8,11-12H2. The minimum atomic E-state index is 0.661. The number of aromatic nitrogens is 1. The zero-order valence-electron chi connectivity index (χ0n) is 9.56. The molecule has 0 radical (unpaired) electrons. The molecule has 1 heterocycles. The molecular weight excluding hydrogens is 200 g/mol. The van der Waals surface area contributed by atoms with Crippen molar-refractivity contribution >= 4 is 0 Å². The van der Waals surface area contributed by atoms with Crippen LogP contribution in [0.1, 0.15) is 31.4 Å². The summed E-state index contributed by atoms with van der Waals surface area (Å²) in [4.78, 5) is 4.22. The third-order valence-electron chi connectivity index (χ3n) is 2.31. The van der Waals surface area contributed by atoms with Crippen molar-refractivity contribution in [2.75, 3.05) is 13.2 Å². The van der Waals surface area contributed by atoms with E-state index in [0.717, 1.165) is 44.6 Å². The van der Waals surface area contributed by atoms with Crippen LogP contribution >= 0.6 is 0 Å². The molecular formula is C13H18N2O. The van der Waals surface area contributed by atoms with Gasteiger partial charge in [-0.1, -0.05) is 12.5 Å². The van der Waals surface area contributed by atoms with Crippen molar-refractivity contribution < 1.29 is 4.74 Å². The van der Waals surface area contributed by atoms with Gasteiger partial charge in [0.1, 0.15) is 0 Å². The van der Waals surface area contributed by atoms with E-state index in [-0.39, 0.29) is 0 Å². The van der Waals surface area contributed by atoms with Crippen LogP contribution in [0.4, 0.5) is 0 Å². The molecule has 86 valence electrons. The quantitative estimate of drug-likeness (QED) is 0.630. The maximum atomic E-state index is 8.34. The van der Waals surface area contributed by atoms with Crippen LogP contribution in [0.25, 0.3) is 0 Å². The lowest BCUT2D eigenvalue weighted by Gasteiger charge is -2.03. The summed E-state index contributed by atoms with van der Waals surface area (Å²) in [7, 11) is 0. The van der Waals surface area contributed by atoms with Gasteiger partial charge >= 0.3 is 0 Å². The molecule has 1 aromatic rings. The van der Waals surface area contributed by atoms with Crippen LogP contribution in [0.5, 0.6) is 0 Å². The highest BCUT2D eigenvalue weighted by Crippen LogP contribution is 2.00. The molecule has 0 fully saturated rings. The summed E-state index contributed by atoms with van der Waals surface area (Å²) in [6.45, 7) is 1.52. The fraction of sp³-hybridized carbons (Fsp3) is 0.538. The molecule has 3 nitrogen and oxygen atoms in total. The van der Waals surface area contributed by atoms with E-state index >= 15 is 0 Å². The molecule has 0 spiro atoms. The summed E-state index contributed by atoms with van der Waals surface area (Å²) < 4.78 is 5.49. The highest BCUT2D eigenvalue weighted by Gasteiger charge is 1.94. The fourth-order valence-corrected chi connectivity index (χ4v) is 1.41. The van der Waals surface area contributed by atoms with E-state index in [1.807, 2.05) is 18.2 Å². The van der Waals surface area contributed by atoms with Gasteiger partial charge in [0.15, 0.2) is 0 Å². The second kappa shape index (κ2) is 8.87. The number of ether oxygens (including phenoxy) is 1. The van der Waals surface area contributed by atoms with Gasteiger partial charge in [-0.15, -0.1) is 0 Å². The van der Waals surface area contributed by atoms with E-state index in [9.17, 15) is 0 Å². The zero-order chi connectivity index (χ0) is 11.5. The molecule has 0 bridgehead atoms. The van der Waals surface area contributed by atoms with Crippen molar-refractivity contribution in [3.05, 3.63) is 30.1 Å². The minimum absolute atomic E-state index is 0.661. The van der Waals surface area contributed by atoms with Gasteiger partial charge in [-0.2, -0.15) is 5.26 Å². The third-order valence-corrected chi connectivity index (χ3v) is 2.31. The van der Waals surface area contributed by atoms with Crippen LogP contribution in [-0.2, 0) is 11.2 Å². The first-order valence-electron chi connectivity index (χ1n) is 5.78. The Hall–Kier alpha value is -1.40. The average Bonchev–Trinajstić information content (AvgIpc) is 2.34. The third kappa shape index (κ3) is 6.15. The van der Waals surface area contributed by atoms with Crippen molar-refractivity contribution in [3.8, 4) is 6.07 Å². The maximum absolute atomic E-state index is 8.34. The summed E-state index contributed by atoms with van der Waals surface area (Å²) >= 11 is 0. The number of hydrogen-bond donors (Lipinski definition) is 0. The molecule has 0 unspecified atom stereocenters. The summed E-state index contributed by atoms with van der Waals surface area (Å²) in [6, 6.07) is 8.06. The van der Waals surface area contributed by atoms with Crippen molar-refractivity contribution in [2.45, 2.75) is 32.1 Å². The van der Waals surface area contributed by atoms with Crippen LogP contribution in [-0.4, -0.2) is 18.2 Å². The SMILES string of the molecule is N#CCCCCCOCCc1ccccn1. The van der Waals surface area contributed by atoms with E-state index in [1.165, 1.54) is 0 Å². The summed E-state index contributed by atoms with van der Waals surface area (Å²) in [5.41, 5.74) is 1.08. The van der Waals surface area contributed by atoms with E-state index in [2.05, 4.69) is 11.1 Å². The summed E-state index contributed by atoms with van der Waals surface area (Å²) in [5.74, 6) is 0. The molecule has 1 aromatic heterocycles. The minimum Gasteiger partial charge on any atom is -0.381 e. The largest absolute Gasteiger partial charge is 0.381 e. The van der Waals surface area contributed by atoms with Crippen molar-refractivity contribution in [1.82, 2.24) is 4.98 Å². The molecule has 0 N–H and O–H groups in total. The van der Waals surface area contributed by atoms with Crippen molar-refractivity contribution in [3.63, 3.8) is 0 Å². The van der Waals surface area contributed by atoms with Gasteiger partial charge in [-0.3, -0.25) is 4.98 Å². The Morgan fingerprint density at radius 2 is 2.12 bits per heavy atom. The predicted octanol–water partition coefficient (Wildman–Crippen LogP) is 2.72. The van der Waals surface area contributed by atoms with Gasteiger partial charge in [-0.05, 0) is 25.0 Å². The zero-order valence-corrected chi connectivity index (χ0v) is 9.56. The molecule has 0 atom stereocenters. The van der Waals surface area contributed by atoms with Crippen molar-refractivity contribution in [1.29, 1.82) is 5.26 Å². The molecule has 0 aliphatic heterocycles. The second-order valence-electron chi connectivity index (χ2n) is 3.65. The van der Waals surface area contributed by atoms with E-state index in [1.54, 1.807) is 6.20 Å². The summed E-state index contributed by atoms with van der Waals surface area (Å²) in [5, 5.41) is 8.34. The van der Waals surface area contributed by atoms with Crippen LogP contribution < -0.4 is 0 Å². The molecule has 0 saturated heterocycles. The van der Waals surface area contributed by atoms with Gasteiger partial charge in [0.2, 0.25) is 0 Å². The number of nitrogens with zero attached hydrogens (tertiary/aromatic N) is 2. The van der Waals surface area contributed by atoms with Gasteiger partial charge in [-0.25, -0.2) is 0 Å². The Labute approximate surface area is 97.1 Å². The Morgan fingerprint density at radius 3 is 2.88 bits per heavy atom. The summed E-state index contributed by atoms with van der Waals surface area (Å²) in [6.07, 6.45) is 6.45. The van der Waals surface area contributed by atoms with E-state index in [0.29, 0.717) is 6.42 Å². The molecule has 0 aliphatic carbocycles. The maximum Gasteiger partial charge on any atom is 0.0621 e. The monoisotopic (exact) mass is 218 g/mol. The molecule has 0 aliphatic rings. The fourth-order valence-electron chi connectivity index (χ4n) is 1.41. The molecule has 1 rings (SSSR count). The topological polar surface area (TPSA) is 45.9 Å². The molecule has 0 amide bonds.